The number of hydrogen-bond donors (Lipinski definition) is 2. The average Bonchev–Trinajstić information content (AvgIpc) is 2.65. The van der Waals surface area contributed by atoms with E-state index in [4.69, 9.17) is 28.5 Å². The zero-order valence-corrected chi connectivity index (χ0v) is 14.7. The van der Waals surface area contributed by atoms with Crippen molar-refractivity contribution in [2.24, 2.45) is 0 Å². The van der Waals surface area contributed by atoms with Crippen LogP contribution in [0.15, 0.2) is 54.7 Å². The number of halogens is 2. The van der Waals surface area contributed by atoms with E-state index in [1.165, 1.54) is 12.3 Å². The molecular weight excluding hydrogens is 373 g/mol. The lowest BCUT2D eigenvalue weighted by Gasteiger charge is -2.09. The molecule has 3 aromatic rings. The highest BCUT2D eigenvalue weighted by atomic mass is 35.5. The number of aromatic nitrogens is 2. The van der Waals surface area contributed by atoms with E-state index in [0.717, 1.165) is 0 Å². The predicted molar refractivity (Wildman–Crippen MR) is 101 cm³/mol. The number of nitrogens with zero attached hydrogens (tertiary/aromatic N) is 3. The van der Waals surface area contributed by atoms with E-state index < -0.39 is 5.91 Å². The Morgan fingerprint density at radius 3 is 2.58 bits per heavy atom. The first kappa shape index (κ1) is 17.7. The van der Waals surface area contributed by atoms with Crippen molar-refractivity contribution in [2.75, 3.05) is 10.6 Å². The van der Waals surface area contributed by atoms with Crippen LogP contribution in [-0.2, 0) is 0 Å². The van der Waals surface area contributed by atoms with Gasteiger partial charge in [-0.3, -0.25) is 4.79 Å². The Kier molecular flexibility index (Phi) is 5.32. The molecular formula is C18H11Cl2N5O. The molecule has 0 atom stereocenters. The number of carbonyl (C=O) groups is 1. The molecule has 128 valence electrons. The Bertz CT molecular complexity index is 999. The van der Waals surface area contributed by atoms with Crippen molar-refractivity contribution in [1.29, 1.82) is 5.26 Å². The second-order valence-electron chi connectivity index (χ2n) is 5.16. The van der Waals surface area contributed by atoms with Crippen molar-refractivity contribution < 1.29 is 4.79 Å². The molecule has 0 bridgehead atoms. The van der Waals surface area contributed by atoms with Gasteiger partial charge in [0.25, 0.3) is 5.91 Å². The van der Waals surface area contributed by atoms with E-state index in [9.17, 15) is 4.79 Å². The van der Waals surface area contributed by atoms with Gasteiger partial charge in [-0.15, -0.1) is 0 Å². The van der Waals surface area contributed by atoms with Gasteiger partial charge in [-0.25, -0.2) is 9.97 Å². The van der Waals surface area contributed by atoms with Crippen LogP contribution in [-0.4, -0.2) is 15.9 Å². The van der Waals surface area contributed by atoms with Crippen LogP contribution in [0.25, 0.3) is 0 Å². The number of amides is 1. The minimum atomic E-state index is -0.445. The second-order valence-corrected chi connectivity index (χ2v) is 6.00. The van der Waals surface area contributed by atoms with Gasteiger partial charge in [0, 0.05) is 16.9 Å². The predicted octanol–water partition coefficient (Wildman–Crippen LogP) is 4.65. The van der Waals surface area contributed by atoms with Crippen molar-refractivity contribution in [2.45, 2.75) is 0 Å². The van der Waals surface area contributed by atoms with Gasteiger partial charge in [0.15, 0.2) is 0 Å². The normalized spacial score (nSPS) is 10.0. The number of hydrogen-bond acceptors (Lipinski definition) is 5. The van der Waals surface area contributed by atoms with Crippen LogP contribution in [0.4, 0.5) is 17.3 Å². The molecule has 0 aliphatic carbocycles. The fourth-order valence-corrected chi connectivity index (χ4v) is 2.42. The number of nitriles is 1. The van der Waals surface area contributed by atoms with Gasteiger partial charge in [-0.2, -0.15) is 5.26 Å². The van der Waals surface area contributed by atoms with Gasteiger partial charge in [0.05, 0.1) is 22.3 Å². The first-order valence-corrected chi connectivity index (χ1v) is 8.17. The fraction of sp³-hybridized carbons (Fsp3) is 0. The van der Waals surface area contributed by atoms with Crippen molar-refractivity contribution in [3.8, 4) is 6.07 Å². The van der Waals surface area contributed by atoms with Gasteiger partial charge in [0.2, 0.25) is 5.95 Å². The lowest BCUT2D eigenvalue weighted by molar-refractivity contribution is 0.102. The molecule has 26 heavy (non-hydrogen) atoms. The summed E-state index contributed by atoms with van der Waals surface area (Å²) in [5, 5.41) is 15.3. The van der Waals surface area contributed by atoms with Gasteiger partial charge >= 0.3 is 0 Å². The molecule has 1 aromatic heterocycles. The Morgan fingerprint density at radius 1 is 1.08 bits per heavy atom. The maximum absolute atomic E-state index is 12.4. The molecule has 0 unspecified atom stereocenters. The summed E-state index contributed by atoms with van der Waals surface area (Å²) in [6.45, 7) is 0. The average molecular weight is 384 g/mol. The molecule has 0 radical (unpaired) electrons. The second kappa shape index (κ2) is 7.83. The number of carbonyl (C=O) groups excluding carboxylic acids is 1. The van der Waals surface area contributed by atoms with Gasteiger partial charge < -0.3 is 10.6 Å². The molecule has 0 saturated carbocycles. The van der Waals surface area contributed by atoms with Crippen molar-refractivity contribution in [3.05, 3.63) is 76.0 Å². The first-order chi connectivity index (χ1) is 12.5. The van der Waals surface area contributed by atoms with Crippen LogP contribution < -0.4 is 10.6 Å². The maximum atomic E-state index is 12.4. The third-order valence-electron chi connectivity index (χ3n) is 3.33. The zero-order valence-electron chi connectivity index (χ0n) is 13.2. The topological polar surface area (TPSA) is 90.7 Å². The van der Waals surface area contributed by atoms with Gasteiger partial charge in [-0.1, -0.05) is 23.2 Å². The largest absolute Gasteiger partial charge is 0.324 e. The van der Waals surface area contributed by atoms with Crippen LogP contribution in [0.5, 0.6) is 0 Å². The number of rotatable bonds is 4. The Balaban J connectivity index is 1.76. The fourth-order valence-electron chi connectivity index (χ4n) is 2.08. The van der Waals surface area contributed by atoms with Crippen molar-refractivity contribution in [1.82, 2.24) is 9.97 Å². The van der Waals surface area contributed by atoms with E-state index in [1.54, 1.807) is 42.5 Å². The maximum Gasteiger partial charge on any atom is 0.274 e. The monoisotopic (exact) mass is 383 g/mol. The van der Waals surface area contributed by atoms with Gasteiger partial charge in [0.1, 0.15) is 5.69 Å². The summed E-state index contributed by atoms with van der Waals surface area (Å²) in [6, 6.07) is 15.1. The van der Waals surface area contributed by atoms with Crippen molar-refractivity contribution in [3.63, 3.8) is 0 Å². The molecule has 0 fully saturated rings. The van der Waals surface area contributed by atoms with E-state index in [-0.39, 0.29) is 11.6 Å². The summed E-state index contributed by atoms with van der Waals surface area (Å²) in [4.78, 5) is 20.7. The summed E-state index contributed by atoms with van der Waals surface area (Å²) in [5.74, 6) is -0.195. The summed E-state index contributed by atoms with van der Waals surface area (Å²) in [7, 11) is 0. The highest BCUT2D eigenvalue weighted by Crippen LogP contribution is 2.25. The highest BCUT2D eigenvalue weighted by Gasteiger charge is 2.12. The number of nitrogens with one attached hydrogen (secondary N) is 2. The Morgan fingerprint density at radius 2 is 1.85 bits per heavy atom. The van der Waals surface area contributed by atoms with E-state index in [2.05, 4.69) is 20.6 Å². The lowest BCUT2D eigenvalue weighted by atomic mass is 10.2. The van der Waals surface area contributed by atoms with E-state index in [0.29, 0.717) is 27.0 Å². The molecule has 0 aliphatic rings. The number of benzene rings is 2. The molecule has 1 amide bonds. The van der Waals surface area contributed by atoms with Crippen LogP contribution in [0, 0.1) is 11.3 Å². The van der Waals surface area contributed by atoms with Crippen LogP contribution >= 0.6 is 23.2 Å². The van der Waals surface area contributed by atoms with Gasteiger partial charge in [-0.05, 0) is 48.5 Å². The number of anilines is 3. The van der Waals surface area contributed by atoms with Crippen LogP contribution in [0.2, 0.25) is 10.0 Å². The summed E-state index contributed by atoms with van der Waals surface area (Å²) >= 11 is 12.0. The summed E-state index contributed by atoms with van der Waals surface area (Å²) in [5.41, 5.74) is 1.79. The lowest BCUT2D eigenvalue weighted by Crippen LogP contribution is -2.15. The van der Waals surface area contributed by atoms with Crippen molar-refractivity contribution >= 4 is 46.4 Å². The summed E-state index contributed by atoms with van der Waals surface area (Å²) < 4.78 is 0. The standard InChI is InChI=1S/C18H11Cl2N5O/c19-12-3-6-14(20)16(9-12)24-17(26)15-7-8-22-18(25-15)23-13-4-1-11(10-21)2-5-13/h1-9H,(H,24,26)(H,22,23,25). The molecule has 0 spiro atoms. The SMILES string of the molecule is N#Cc1ccc(Nc2nccc(C(=O)Nc3cc(Cl)ccc3Cl)n2)cc1. The third-order valence-corrected chi connectivity index (χ3v) is 3.90. The molecule has 0 saturated heterocycles. The summed E-state index contributed by atoms with van der Waals surface area (Å²) in [6.07, 6.45) is 1.47. The van der Waals surface area contributed by atoms with Crippen LogP contribution in [0.1, 0.15) is 16.1 Å². The van der Waals surface area contributed by atoms with Crippen LogP contribution in [0.3, 0.4) is 0 Å². The quantitative estimate of drug-likeness (QED) is 0.683. The smallest absolute Gasteiger partial charge is 0.274 e. The Labute approximate surface area is 159 Å². The third kappa shape index (κ3) is 4.28. The Hall–Kier alpha value is -3.14. The molecule has 0 aliphatic heterocycles. The minimum absolute atomic E-state index is 0.159. The first-order valence-electron chi connectivity index (χ1n) is 7.42. The van der Waals surface area contributed by atoms with E-state index >= 15 is 0 Å². The molecule has 6 nitrogen and oxygen atoms in total. The molecule has 3 rings (SSSR count). The highest BCUT2D eigenvalue weighted by molar-refractivity contribution is 6.35. The molecule has 8 heteroatoms. The van der Waals surface area contributed by atoms with E-state index in [1.807, 2.05) is 6.07 Å². The molecule has 1 heterocycles. The molecule has 2 aromatic carbocycles. The zero-order chi connectivity index (χ0) is 18.5. The molecule has 2 N–H and O–H groups in total. The minimum Gasteiger partial charge on any atom is -0.324 e.